The van der Waals surface area contributed by atoms with Crippen molar-refractivity contribution in [3.05, 3.63) is 24.3 Å². The monoisotopic (exact) mass is 186 g/mol. The number of nitrogens with zero attached hydrogens (tertiary/aromatic N) is 2. The molecule has 0 bridgehead atoms. The van der Waals surface area contributed by atoms with Crippen LogP contribution in [0.5, 0.6) is 0 Å². The zero-order valence-electron chi connectivity index (χ0n) is 7.62. The molecular weight excluding hydrogens is 176 g/mol. The van der Waals surface area contributed by atoms with E-state index in [2.05, 4.69) is 10.6 Å². The Morgan fingerprint density at radius 3 is 1.50 bits per heavy atom. The van der Waals surface area contributed by atoms with Crippen molar-refractivity contribution >= 4 is 11.4 Å². The summed E-state index contributed by atoms with van der Waals surface area (Å²) >= 11 is 0. The van der Waals surface area contributed by atoms with E-state index >= 15 is 0 Å². The molecule has 0 fully saturated rings. The molecule has 4 heteroatoms. The molecule has 14 heavy (non-hydrogen) atoms. The van der Waals surface area contributed by atoms with Crippen LogP contribution in [0.25, 0.3) is 0 Å². The van der Waals surface area contributed by atoms with Gasteiger partial charge >= 0.3 is 0 Å². The third-order valence-electron chi connectivity index (χ3n) is 1.63. The highest BCUT2D eigenvalue weighted by molar-refractivity contribution is 5.54. The van der Waals surface area contributed by atoms with Crippen molar-refractivity contribution in [2.24, 2.45) is 0 Å². The van der Waals surface area contributed by atoms with Gasteiger partial charge in [-0.1, -0.05) is 0 Å². The van der Waals surface area contributed by atoms with E-state index in [4.69, 9.17) is 10.5 Å². The molecule has 0 heterocycles. The lowest BCUT2D eigenvalue weighted by atomic mass is 10.3. The Morgan fingerprint density at radius 2 is 1.21 bits per heavy atom. The van der Waals surface area contributed by atoms with Gasteiger partial charge < -0.3 is 10.6 Å². The average molecular weight is 186 g/mol. The molecule has 2 N–H and O–H groups in total. The first kappa shape index (κ1) is 9.88. The van der Waals surface area contributed by atoms with E-state index in [1.165, 1.54) is 0 Å². The van der Waals surface area contributed by atoms with Crippen molar-refractivity contribution in [2.75, 3.05) is 23.7 Å². The van der Waals surface area contributed by atoms with Gasteiger partial charge in [-0.25, -0.2) is 0 Å². The first-order valence-corrected chi connectivity index (χ1v) is 4.18. The maximum Gasteiger partial charge on any atom is 0.103 e. The highest BCUT2D eigenvalue weighted by atomic mass is 14.9. The largest absolute Gasteiger partial charge is 0.372 e. The van der Waals surface area contributed by atoms with Crippen molar-refractivity contribution in [2.45, 2.75) is 0 Å². The van der Waals surface area contributed by atoms with E-state index < -0.39 is 0 Å². The van der Waals surface area contributed by atoms with E-state index in [-0.39, 0.29) is 0 Å². The summed E-state index contributed by atoms with van der Waals surface area (Å²) in [6, 6.07) is 11.4. The van der Waals surface area contributed by atoms with Crippen LogP contribution in [0, 0.1) is 22.7 Å². The van der Waals surface area contributed by atoms with Crippen LogP contribution in [0.4, 0.5) is 11.4 Å². The van der Waals surface area contributed by atoms with Gasteiger partial charge in [-0.15, -0.1) is 0 Å². The lowest BCUT2D eigenvalue weighted by Gasteiger charge is -2.04. The van der Waals surface area contributed by atoms with Crippen molar-refractivity contribution in [1.82, 2.24) is 0 Å². The van der Waals surface area contributed by atoms with E-state index in [1.54, 1.807) is 0 Å². The lowest BCUT2D eigenvalue weighted by molar-refractivity contribution is 1.30. The number of benzene rings is 1. The molecule has 0 saturated heterocycles. The van der Waals surface area contributed by atoms with E-state index in [0.29, 0.717) is 13.1 Å². The van der Waals surface area contributed by atoms with Crippen LogP contribution in [0.1, 0.15) is 0 Å². The molecule has 0 aliphatic heterocycles. The van der Waals surface area contributed by atoms with Gasteiger partial charge in [0.25, 0.3) is 0 Å². The Hall–Kier alpha value is -2.20. The summed E-state index contributed by atoms with van der Waals surface area (Å²) in [7, 11) is 0. The maximum absolute atomic E-state index is 8.34. The topological polar surface area (TPSA) is 71.6 Å². The third-order valence-corrected chi connectivity index (χ3v) is 1.63. The fourth-order valence-corrected chi connectivity index (χ4v) is 0.989. The van der Waals surface area contributed by atoms with Crippen LogP contribution < -0.4 is 10.6 Å². The van der Waals surface area contributed by atoms with Crippen molar-refractivity contribution < 1.29 is 0 Å². The van der Waals surface area contributed by atoms with Gasteiger partial charge in [-0.2, -0.15) is 10.5 Å². The minimum atomic E-state index is 0.297. The van der Waals surface area contributed by atoms with E-state index in [0.717, 1.165) is 11.4 Å². The van der Waals surface area contributed by atoms with Gasteiger partial charge in [0.15, 0.2) is 0 Å². The van der Waals surface area contributed by atoms with Crippen LogP contribution in [-0.4, -0.2) is 13.1 Å². The molecule has 1 aromatic rings. The predicted molar refractivity (Wildman–Crippen MR) is 54.6 cm³/mol. The first-order chi connectivity index (χ1) is 6.86. The number of rotatable bonds is 4. The predicted octanol–water partition coefficient (Wildman–Crippen LogP) is 1.56. The van der Waals surface area contributed by atoms with Crippen LogP contribution in [-0.2, 0) is 0 Å². The lowest BCUT2D eigenvalue weighted by Crippen LogP contribution is -2.00. The molecule has 0 atom stereocenters. The van der Waals surface area contributed by atoms with Gasteiger partial charge in [0.2, 0.25) is 0 Å². The minimum absolute atomic E-state index is 0.297. The molecule has 0 aromatic heterocycles. The minimum Gasteiger partial charge on any atom is -0.372 e. The number of nitrogens with one attached hydrogen (secondary N) is 2. The number of nitriles is 2. The molecule has 0 unspecified atom stereocenters. The maximum atomic E-state index is 8.34. The highest BCUT2D eigenvalue weighted by Gasteiger charge is 1.92. The standard InChI is InChI=1S/C10H10N4/c11-5-7-13-9-1-2-10(4-3-9)14-8-6-12/h1-4,13-14H,7-8H2. The third kappa shape index (κ3) is 3.04. The summed E-state index contributed by atoms with van der Waals surface area (Å²) in [5, 5.41) is 22.5. The quantitative estimate of drug-likeness (QED) is 0.700. The molecule has 0 saturated carbocycles. The fourth-order valence-electron chi connectivity index (χ4n) is 0.989. The SMILES string of the molecule is N#CCNc1ccc(NCC#N)cc1. The molecular formula is C10H10N4. The summed E-state index contributed by atoms with van der Waals surface area (Å²) in [4.78, 5) is 0. The van der Waals surface area contributed by atoms with Crippen LogP contribution in [0.2, 0.25) is 0 Å². The van der Waals surface area contributed by atoms with Crippen molar-refractivity contribution in [3.63, 3.8) is 0 Å². The molecule has 4 nitrogen and oxygen atoms in total. The second-order valence-corrected chi connectivity index (χ2v) is 2.60. The van der Waals surface area contributed by atoms with Crippen LogP contribution in [0.15, 0.2) is 24.3 Å². The van der Waals surface area contributed by atoms with Gasteiger partial charge in [0, 0.05) is 11.4 Å². The van der Waals surface area contributed by atoms with Crippen LogP contribution in [0.3, 0.4) is 0 Å². The number of hydrogen-bond donors (Lipinski definition) is 2. The highest BCUT2D eigenvalue weighted by Crippen LogP contribution is 2.12. The number of anilines is 2. The number of hydrogen-bond acceptors (Lipinski definition) is 4. The molecule has 0 amide bonds. The van der Waals surface area contributed by atoms with Gasteiger partial charge in [-0.3, -0.25) is 0 Å². The van der Waals surface area contributed by atoms with Crippen LogP contribution >= 0.6 is 0 Å². The summed E-state index contributed by atoms with van der Waals surface area (Å²) in [6.07, 6.45) is 0. The second kappa shape index (κ2) is 5.45. The molecule has 0 aliphatic rings. The zero-order valence-corrected chi connectivity index (χ0v) is 7.62. The van der Waals surface area contributed by atoms with Gasteiger partial charge in [0.05, 0.1) is 12.1 Å². The van der Waals surface area contributed by atoms with E-state index in [9.17, 15) is 0 Å². The molecule has 1 aromatic carbocycles. The van der Waals surface area contributed by atoms with Gasteiger partial charge in [0.1, 0.15) is 13.1 Å². The molecule has 1 rings (SSSR count). The van der Waals surface area contributed by atoms with Crippen molar-refractivity contribution in [3.8, 4) is 12.1 Å². The fraction of sp³-hybridized carbons (Fsp3) is 0.200. The zero-order chi connectivity index (χ0) is 10.2. The normalized spacial score (nSPS) is 8.43. The van der Waals surface area contributed by atoms with Gasteiger partial charge in [-0.05, 0) is 24.3 Å². The summed E-state index contributed by atoms with van der Waals surface area (Å²) < 4.78 is 0. The Kier molecular flexibility index (Phi) is 3.85. The van der Waals surface area contributed by atoms with Crippen molar-refractivity contribution in [1.29, 1.82) is 10.5 Å². The smallest absolute Gasteiger partial charge is 0.103 e. The average Bonchev–Trinajstić information content (AvgIpc) is 2.25. The molecule has 70 valence electrons. The summed E-state index contributed by atoms with van der Waals surface area (Å²) in [5.41, 5.74) is 1.79. The molecule has 0 radical (unpaired) electrons. The first-order valence-electron chi connectivity index (χ1n) is 4.18. The Morgan fingerprint density at radius 1 is 0.857 bits per heavy atom. The molecule has 0 aliphatic carbocycles. The Balaban J connectivity index is 2.52. The Labute approximate surface area is 82.8 Å². The molecule has 0 spiro atoms. The second-order valence-electron chi connectivity index (χ2n) is 2.60. The Bertz CT molecular complexity index is 318. The summed E-state index contributed by atoms with van der Waals surface area (Å²) in [5.74, 6) is 0. The van der Waals surface area contributed by atoms with E-state index in [1.807, 2.05) is 36.4 Å². The summed E-state index contributed by atoms with van der Waals surface area (Å²) in [6.45, 7) is 0.593.